The van der Waals surface area contributed by atoms with E-state index in [1.54, 1.807) is 13.0 Å². The summed E-state index contributed by atoms with van der Waals surface area (Å²) >= 11 is 0. The summed E-state index contributed by atoms with van der Waals surface area (Å²) in [5.41, 5.74) is 1.41. The average Bonchev–Trinajstić information content (AvgIpc) is 2.35. The lowest BCUT2D eigenvalue weighted by Gasteiger charge is -2.06. The Morgan fingerprint density at radius 2 is 2.06 bits per heavy atom. The van der Waals surface area contributed by atoms with Crippen molar-refractivity contribution in [2.45, 2.75) is 24.7 Å². The van der Waals surface area contributed by atoms with Gasteiger partial charge < -0.3 is 5.11 Å². The summed E-state index contributed by atoms with van der Waals surface area (Å²) < 4.78 is 23.5. The van der Waals surface area contributed by atoms with Crippen molar-refractivity contribution in [1.82, 2.24) is 0 Å². The second kappa shape index (κ2) is 3.31. The molecule has 0 fully saturated rings. The SMILES string of the molecule is Cc1cc2c(cc1C(=O)O)S(=O)(=O)CC2C. The van der Waals surface area contributed by atoms with Gasteiger partial charge in [-0.15, -0.1) is 0 Å². The van der Waals surface area contributed by atoms with Crippen LogP contribution in [0.5, 0.6) is 0 Å². The molecule has 1 N–H and O–H groups in total. The van der Waals surface area contributed by atoms with Crippen LogP contribution in [0.4, 0.5) is 0 Å². The molecule has 1 atom stereocenters. The number of carbonyl (C=O) groups is 1. The van der Waals surface area contributed by atoms with Crippen molar-refractivity contribution >= 4 is 15.8 Å². The van der Waals surface area contributed by atoms with E-state index in [1.807, 2.05) is 6.92 Å². The molecular weight excluding hydrogens is 228 g/mol. The first-order valence-electron chi connectivity index (χ1n) is 4.93. The summed E-state index contributed by atoms with van der Waals surface area (Å²) in [6.45, 7) is 3.52. The van der Waals surface area contributed by atoms with Gasteiger partial charge in [0.1, 0.15) is 0 Å². The van der Waals surface area contributed by atoms with Crippen LogP contribution >= 0.6 is 0 Å². The van der Waals surface area contributed by atoms with Crippen LogP contribution in [0.3, 0.4) is 0 Å². The van der Waals surface area contributed by atoms with Gasteiger partial charge in [0.05, 0.1) is 16.2 Å². The molecule has 1 aliphatic heterocycles. The molecule has 0 saturated carbocycles. The molecule has 1 heterocycles. The lowest BCUT2D eigenvalue weighted by Crippen LogP contribution is -2.04. The molecule has 0 bridgehead atoms. The van der Waals surface area contributed by atoms with E-state index in [1.165, 1.54) is 6.07 Å². The molecule has 0 aromatic heterocycles. The van der Waals surface area contributed by atoms with Gasteiger partial charge in [-0.05, 0) is 30.0 Å². The fourth-order valence-corrected chi connectivity index (χ4v) is 4.04. The molecule has 0 radical (unpaired) electrons. The zero-order chi connectivity index (χ0) is 12.1. The van der Waals surface area contributed by atoms with Crippen LogP contribution in [0.1, 0.15) is 34.3 Å². The Balaban J connectivity index is 2.76. The maximum atomic E-state index is 11.8. The van der Waals surface area contributed by atoms with Gasteiger partial charge in [0, 0.05) is 0 Å². The van der Waals surface area contributed by atoms with Crippen LogP contribution in [0.15, 0.2) is 17.0 Å². The van der Waals surface area contributed by atoms with Crippen molar-refractivity contribution in [3.63, 3.8) is 0 Å². The van der Waals surface area contributed by atoms with E-state index in [2.05, 4.69) is 0 Å². The Morgan fingerprint density at radius 3 is 2.62 bits per heavy atom. The van der Waals surface area contributed by atoms with Gasteiger partial charge in [-0.2, -0.15) is 0 Å². The van der Waals surface area contributed by atoms with Gasteiger partial charge in [0.15, 0.2) is 9.84 Å². The van der Waals surface area contributed by atoms with E-state index in [4.69, 9.17) is 5.11 Å². The third-order valence-electron chi connectivity index (χ3n) is 2.92. The highest BCUT2D eigenvalue weighted by atomic mass is 32.2. The number of carboxylic acids is 1. The summed E-state index contributed by atoms with van der Waals surface area (Å²) in [5, 5.41) is 8.94. The molecule has 2 rings (SSSR count). The molecule has 1 unspecified atom stereocenters. The predicted molar refractivity (Wildman–Crippen MR) is 58.6 cm³/mol. The van der Waals surface area contributed by atoms with Crippen LogP contribution < -0.4 is 0 Å². The summed E-state index contributed by atoms with van der Waals surface area (Å²) in [6.07, 6.45) is 0. The minimum absolute atomic E-state index is 0.0541. The zero-order valence-corrected chi connectivity index (χ0v) is 9.84. The van der Waals surface area contributed by atoms with Crippen molar-refractivity contribution in [3.8, 4) is 0 Å². The van der Waals surface area contributed by atoms with E-state index in [-0.39, 0.29) is 22.1 Å². The number of aryl methyl sites for hydroxylation is 1. The van der Waals surface area contributed by atoms with Gasteiger partial charge in [-0.1, -0.05) is 13.0 Å². The number of hydrogen-bond acceptors (Lipinski definition) is 3. The van der Waals surface area contributed by atoms with Gasteiger partial charge in [-0.3, -0.25) is 0 Å². The molecule has 0 saturated heterocycles. The average molecular weight is 240 g/mol. The Kier molecular flexibility index (Phi) is 2.31. The number of sulfone groups is 1. The second-order valence-corrected chi connectivity index (χ2v) is 6.20. The Morgan fingerprint density at radius 1 is 1.44 bits per heavy atom. The maximum absolute atomic E-state index is 11.8. The van der Waals surface area contributed by atoms with Crippen molar-refractivity contribution < 1.29 is 18.3 Å². The van der Waals surface area contributed by atoms with Crippen LogP contribution in [-0.2, 0) is 9.84 Å². The number of fused-ring (bicyclic) bond motifs is 1. The summed E-state index contributed by atoms with van der Waals surface area (Å²) in [4.78, 5) is 11.1. The highest BCUT2D eigenvalue weighted by Crippen LogP contribution is 2.36. The highest BCUT2D eigenvalue weighted by Gasteiger charge is 2.33. The number of rotatable bonds is 1. The standard InChI is InChI=1S/C11H12O4S/c1-6-3-8-7(2)5-16(14,15)10(8)4-9(6)11(12)13/h3-4,7H,5H2,1-2H3,(H,12,13). The number of hydrogen-bond donors (Lipinski definition) is 1. The molecule has 16 heavy (non-hydrogen) atoms. The lowest BCUT2D eigenvalue weighted by atomic mass is 9.98. The first-order valence-corrected chi connectivity index (χ1v) is 6.59. The first kappa shape index (κ1) is 11.1. The van der Waals surface area contributed by atoms with E-state index < -0.39 is 15.8 Å². The fraction of sp³-hybridized carbons (Fsp3) is 0.364. The van der Waals surface area contributed by atoms with Crippen LogP contribution in [0.25, 0.3) is 0 Å². The molecule has 86 valence electrons. The van der Waals surface area contributed by atoms with Gasteiger partial charge in [-0.25, -0.2) is 13.2 Å². The van der Waals surface area contributed by atoms with E-state index >= 15 is 0 Å². The van der Waals surface area contributed by atoms with Crippen molar-refractivity contribution in [3.05, 3.63) is 28.8 Å². The topological polar surface area (TPSA) is 71.4 Å². The van der Waals surface area contributed by atoms with Gasteiger partial charge in [0.25, 0.3) is 0 Å². The van der Waals surface area contributed by atoms with Crippen LogP contribution in [-0.4, -0.2) is 25.2 Å². The fourth-order valence-electron chi connectivity index (χ4n) is 2.10. The molecule has 1 aromatic rings. The van der Waals surface area contributed by atoms with E-state index in [0.29, 0.717) is 5.56 Å². The summed E-state index contributed by atoms with van der Waals surface area (Å²) in [5.74, 6) is -1.07. The molecule has 1 aliphatic rings. The van der Waals surface area contributed by atoms with Crippen molar-refractivity contribution in [2.24, 2.45) is 0 Å². The Hall–Kier alpha value is -1.36. The molecule has 0 aliphatic carbocycles. The Bertz CT molecular complexity index is 572. The molecule has 1 aromatic carbocycles. The Labute approximate surface area is 93.8 Å². The molecule has 5 heteroatoms. The smallest absolute Gasteiger partial charge is 0.335 e. The first-order chi connectivity index (χ1) is 7.33. The van der Waals surface area contributed by atoms with Crippen molar-refractivity contribution in [2.75, 3.05) is 5.75 Å². The highest BCUT2D eigenvalue weighted by molar-refractivity contribution is 7.91. The normalized spacial score (nSPS) is 21.8. The minimum Gasteiger partial charge on any atom is -0.478 e. The molecular formula is C11H12O4S. The molecule has 4 nitrogen and oxygen atoms in total. The number of benzene rings is 1. The van der Waals surface area contributed by atoms with Gasteiger partial charge >= 0.3 is 5.97 Å². The predicted octanol–water partition coefficient (Wildman–Crippen LogP) is 1.58. The van der Waals surface area contributed by atoms with Crippen LogP contribution in [0.2, 0.25) is 0 Å². The van der Waals surface area contributed by atoms with Gasteiger partial charge in [0.2, 0.25) is 0 Å². The summed E-state index contributed by atoms with van der Waals surface area (Å²) in [6, 6.07) is 2.96. The minimum atomic E-state index is -3.29. The third-order valence-corrected chi connectivity index (χ3v) is 4.89. The van der Waals surface area contributed by atoms with E-state index in [0.717, 1.165) is 5.56 Å². The van der Waals surface area contributed by atoms with Crippen molar-refractivity contribution in [1.29, 1.82) is 0 Å². The lowest BCUT2D eigenvalue weighted by molar-refractivity contribution is 0.0696. The zero-order valence-electron chi connectivity index (χ0n) is 9.02. The quantitative estimate of drug-likeness (QED) is 0.809. The summed E-state index contributed by atoms with van der Waals surface area (Å²) in [7, 11) is -3.29. The largest absolute Gasteiger partial charge is 0.478 e. The van der Waals surface area contributed by atoms with Crippen LogP contribution in [0, 0.1) is 6.92 Å². The second-order valence-electron chi connectivity index (χ2n) is 4.19. The van der Waals surface area contributed by atoms with E-state index in [9.17, 15) is 13.2 Å². The number of carboxylic acid groups (broad SMARTS) is 1. The maximum Gasteiger partial charge on any atom is 0.335 e. The molecule has 0 spiro atoms. The monoisotopic (exact) mass is 240 g/mol. The third kappa shape index (κ3) is 1.51. The number of aromatic carboxylic acids is 1. The molecule has 0 amide bonds.